The van der Waals surface area contributed by atoms with E-state index < -0.39 is 12.1 Å². The molecule has 1 atom stereocenters. The second-order valence-corrected chi connectivity index (χ2v) is 6.85. The molecule has 1 fully saturated rings. The minimum Gasteiger partial charge on any atom is -0.479 e. The van der Waals surface area contributed by atoms with Crippen molar-refractivity contribution in [1.29, 1.82) is 0 Å². The first kappa shape index (κ1) is 17.8. The number of carboxylic acids is 1. The SMILES string of the molecule is CCN1CCN(Cc2ccc(O[C@H](C)C(=O)O)cc2)CC1(C)C. The molecule has 2 rings (SSSR count). The van der Waals surface area contributed by atoms with Crippen LogP contribution < -0.4 is 4.74 Å². The van der Waals surface area contributed by atoms with Gasteiger partial charge in [0.2, 0.25) is 0 Å². The van der Waals surface area contributed by atoms with E-state index in [0.717, 1.165) is 32.7 Å². The number of carboxylic acid groups (broad SMARTS) is 1. The van der Waals surface area contributed by atoms with Crippen LogP contribution in [0.1, 0.15) is 33.3 Å². The molecule has 1 saturated heterocycles. The Kier molecular flexibility index (Phi) is 5.65. The lowest BCUT2D eigenvalue weighted by Crippen LogP contribution is -2.58. The van der Waals surface area contributed by atoms with Crippen LogP contribution in [0.4, 0.5) is 0 Å². The van der Waals surface area contributed by atoms with Crippen molar-refractivity contribution in [2.24, 2.45) is 0 Å². The molecule has 1 aliphatic heterocycles. The first-order valence-electron chi connectivity index (χ1n) is 8.27. The molecule has 1 heterocycles. The summed E-state index contributed by atoms with van der Waals surface area (Å²) in [5.74, 6) is -0.357. The molecule has 23 heavy (non-hydrogen) atoms. The molecular formula is C18H28N2O3. The highest BCUT2D eigenvalue weighted by Gasteiger charge is 2.32. The fraction of sp³-hybridized carbons (Fsp3) is 0.611. The van der Waals surface area contributed by atoms with Crippen LogP contribution in [0.3, 0.4) is 0 Å². The molecule has 1 aromatic rings. The number of benzene rings is 1. The Morgan fingerprint density at radius 2 is 1.96 bits per heavy atom. The van der Waals surface area contributed by atoms with Gasteiger partial charge in [0.05, 0.1) is 0 Å². The summed E-state index contributed by atoms with van der Waals surface area (Å²) in [5.41, 5.74) is 1.42. The van der Waals surface area contributed by atoms with E-state index in [0.29, 0.717) is 5.75 Å². The van der Waals surface area contributed by atoms with E-state index in [2.05, 4.69) is 30.6 Å². The smallest absolute Gasteiger partial charge is 0.344 e. The van der Waals surface area contributed by atoms with Crippen LogP contribution in [-0.4, -0.2) is 58.7 Å². The topological polar surface area (TPSA) is 53.0 Å². The van der Waals surface area contributed by atoms with Gasteiger partial charge in [-0.05, 0) is 45.0 Å². The number of hydrogen-bond acceptors (Lipinski definition) is 4. The zero-order chi connectivity index (χ0) is 17.0. The highest BCUT2D eigenvalue weighted by atomic mass is 16.5. The molecule has 0 aromatic heterocycles. The first-order valence-corrected chi connectivity index (χ1v) is 8.27. The summed E-state index contributed by atoms with van der Waals surface area (Å²) in [4.78, 5) is 15.8. The van der Waals surface area contributed by atoms with Gasteiger partial charge >= 0.3 is 5.97 Å². The average Bonchev–Trinajstić information content (AvgIpc) is 2.48. The number of nitrogens with zero attached hydrogens (tertiary/aromatic N) is 2. The molecule has 0 radical (unpaired) electrons. The molecule has 1 aliphatic rings. The third-order valence-corrected chi connectivity index (χ3v) is 4.52. The maximum atomic E-state index is 10.8. The molecule has 5 nitrogen and oxygen atoms in total. The predicted octanol–water partition coefficient (Wildman–Crippen LogP) is 2.45. The zero-order valence-electron chi connectivity index (χ0n) is 14.6. The molecule has 0 bridgehead atoms. The third kappa shape index (κ3) is 4.69. The Labute approximate surface area is 138 Å². The largest absolute Gasteiger partial charge is 0.479 e. The van der Waals surface area contributed by atoms with Crippen molar-refractivity contribution in [3.63, 3.8) is 0 Å². The Hall–Kier alpha value is -1.59. The Bertz CT molecular complexity index is 528. The standard InChI is InChI=1S/C18H28N2O3/c1-5-20-11-10-19(13-18(20,3)4)12-15-6-8-16(9-7-15)23-14(2)17(21)22/h6-9,14H,5,10-13H2,1-4H3,(H,21,22)/t14-/m1/s1. The summed E-state index contributed by atoms with van der Waals surface area (Å²) < 4.78 is 5.36. The number of ether oxygens (including phenoxy) is 1. The highest BCUT2D eigenvalue weighted by molar-refractivity contribution is 5.72. The first-order chi connectivity index (χ1) is 10.8. The lowest BCUT2D eigenvalue weighted by atomic mass is 9.98. The molecule has 0 amide bonds. The van der Waals surface area contributed by atoms with Crippen LogP contribution in [0.15, 0.2) is 24.3 Å². The fourth-order valence-corrected chi connectivity index (χ4v) is 3.20. The van der Waals surface area contributed by atoms with Crippen LogP contribution in [0, 0.1) is 0 Å². The molecule has 0 spiro atoms. The average molecular weight is 320 g/mol. The maximum Gasteiger partial charge on any atom is 0.344 e. The van der Waals surface area contributed by atoms with Crippen LogP contribution >= 0.6 is 0 Å². The van der Waals surface area contributed by atoms with E-state index in [1.165, 1.54) is 12.5 Å². The molecule has 0 unspecified atom stereocenters. The van der Waals surface area contributed by atoms with Gasteiger partial charge in [-0.2, -0.15) is 0 Å². The Morgan fingerprint density at radius 1 is 1.30 bits per heavy atom. The van der Waals surface area contributed by atoms with E-state index in [-0.39, 0.29) is 5.54 Å². The van der Waals surface area contributed by atoms with Crippen molar-refractivity contribution < 1.29 is 14.6 Å². The van der Waals surface area contributed by atoms with Gasteiger partial charge in [-0.25, -0.2) is 4.79 Å². The summed E-state index contributed by atoms with van der Waals surface area (Å²) in [6, 6.07) is 7.73. The zero-order valence-corrected chi connectivity index (χ0v) is 14.6. The van der Waals surface area contributed by atoms with E-state index in [4.69, 9.17) is 9.84 Å². The van der Waals surface area contributed by atoms with Gasteiger partial charge in [0.25, 0.3) is 0 Å². The van der Waals surface area contributed by atoms with Crippen LogP contribution in [0.5, 0.6) is 5.75 Å². The van der Waals surface area contributed by atoms with Crippen LogP contribution in [-0.2, 0) is 11.3 Å². The quantitative estimate of drug-likeness (QED) is 0.872. The van der Waals surface area contributed by atoms with Crippen molar-refractivity contribution in [3.8, 4) is 5.75 Å². The fourth-order valence-electron chi connectivity index (χ4n) is 3.20. The molecule has 1 N–H and O–H groups in total. The van der Waals surface area contributed by atoms with Gasteiger partial charge in [0, 0.05) is 31.7 Å². The Balaban J connectivity index is 1.92. The summed E-state index contributed by atoms with van der Waals surface area (Å²) in [5, 5.41) is 8.87. The van der Waals surface area contributed by atoms with Gasteiger partial charge in [0.1, 0.15) is 5.75 Å². The van der Waals surface area contributed by atoms with E-state index in [9.17, 15) is 4.79 Å². The van der Waals surface area contributed by atoms with Gasteiger partial charge in [0.15, 0.2) is 6.10 Å². The number of aliphatic carboxylic acids is 1. The number of rotatable bonds is 6. The summed E-state index contributed by atoms with van der Waals surface area (Å²) >= 11 is 0. The maximum absolute atomic E-state index is 10.8. The van der Waals surface area contributed by atoms with Gasteiger partial charge in [-0.15, -0.1) is 0 Å². The van der Waals surface area contributed by atoms with E-state index >= 15 is 0 Å². The summed E-state index contributed by atoms with van der Waals surface area (Å²) in [7, 11) is 0. The highest BCUT2D eigenvalue weighted by Crippen LogP contribution is 2.22. The predicted molar refractivity (Wildman–Crippen MR) is 90.8 cm³/mol. The second kappa shape index (κ2) is 7.32. The molecule has 5 heteroatoms. The molecular weight excluding hydrogens is 292 g/mol. The van der Waals surface area contributed by atoms with Crippen molar-refractivity contribution in [2.45, 2.75) is 45.9 Å². The van der Waals surface area contributed by atoms with E-state index in [1.807, 2.05) is 24.3 Å². The number of hydrogen-bond donors (Lipinski definition) is 1. The van der Waals surface area contributed by atoms with Gasteiger partial charge in [-0.1, -0.05) is 19.1 Å². The lowest BCUT2D eigenvalue weighted by molar-refractivity contribution is -0.144. The number of piperazine rings is 1. The number of likely N-dealkylation sites (N-methyl/N-ethyl adjacent to an activating group) is 1. The summed E-state index contributed by atoms with van der Waals surface area (Å²) in [6.07, 6.45) is -0.830. The minimum absolute atomic E-state index is 0.201. The normalized spacial score (nSPS) is 20.2. The van der Waals surface area contributed by atoms with Crippen molar-refractivity contribution in [3.05, 3.63) is 29.8 Å². The molecule has 0 aliphatic carbocycles. The third-order valence-electron chi connectivity index (χ3n) is 4.52. The van der Waals surface area contributed by atoms with Gasteiger partial charge in [-0.3, -0.25) is 9.80 Å². The van der Waals surface area contributed by atoms with Crippen molar-refractivity contribution in [2.75, 3.05) is 26.2 Å². The number of carbonyl (C=O) groups is 1. The van der Waals surface area contributed by atoms with E-state index in [1.54, 1.807) is 0 Å². The van der Waals surface area contributed by atoms with Crippen LogP contribution in [0.25, 0.3) is 0 Å². The Morgan fingerprint density at radius 3 is 2.48 bits per heavy atom. The molecule has 0 saturated carbocycles. The van der Waals surface area contributed by atoms with Crippen molar-refractivity contribution >= 4 is 5.97 Å². The van der Waals surface area contributed by atoms with Crippen molar-refractivity contribution in [1.82, 2.24) is 9.80 Å². The summed E-state index contributed by atoms with van der Waals surface area (Å²) in [6.45, 7) is 13.6. The second-order valence-electron chi connectivity index (χ2n) is 6.85. The van der Waals surface area contributed by atoms with Crippen LogP contribution in [0.2, 0.25) is 0 Å². The molecule has 128 valence electrons. The lowest BCUT2D eigenvalue weighted by Gasteiger charge is -2.47. The monoisotopic (exact) mass is 320 g/mol. The molecule has 1 aromatic carbocycles. The van der Waals surface area contributed by atoms with Gasteiger partial charge < -0.3 is 9.84 Å². The minimum atomic E-state index is -0.954.